The number of nitrogens with zero attached hydrogens (tertiary/aromatic N) is 4. The number of hydrogen-bond acceptors (Lipinski definition) is 7. The average molecular weight is 437 g/mol. The quantitative estimate of drug-likeness (QED) is 0.273. The van der Waals surface area contributed by atoms with Gasteiger partial charge in [-0.2, -0.15) is 0 Å². The van der Waals surface area contributed by atoms with Crippen molar-refractivity contribution in [3.63, 3.8) is 0 Å². The second-order valence-corrected chi connectivity index (χ2v) is 8.22. The minimum atomic E-state index is -0.545. The van der Waals surface area contributed by atoms with E-state index in [9.17, 15) is 14.9 Å². The van der Waals surface area contributed by atoms with Gasteiger partial charge in [-0.1, -0.05) is 30.0 Å². The number of amides is 1. The van der Waals surface area contributed by atoms with Gasteiger partial charge in [-0.15, -0.1) is 10.2 Å². The highest BCUT2D eigenvalue weighted by Crippen LogP contribution is 2.31. The van der Waals surface area contributed by atoms with Gasteiger partial charge in [0, 0.05) is 17.5 Å². The number of aromatic nitrogens is 3. The number of carbonyl (C=O) groups excluding carboxylic acids is 1. The van der Waals surface area contributed by atoms with Crippen LogP contribution in [-0.4, -0.2) is 37.8 Å². The van der Waals surface area contributed by atoms with Crippen LogP contribution in [0.2, 0.25) is 0 Å². The number of aryl methyl sites for hydroxylation is 1. The normalized spacial score (nSPS) is 12.1. The zero-order valence-electron chi connectivity index (χ0n) is 17.0. The van der Waals surface area contributed by atoms with E-state index in [1.54, 1.807) is 6.92 Å². The number of nitro groups is 1. The summed E-state index contributed by atoms with van der Waals surface area (Å²) in [5, 5.41) is 23.4. The molecule has 1 N–H and O–H groups in total. The molecule has 10 heteroatoms. The maximum atomic E-state index is 12.8. The predicted molar refractivity (Wildman–Crippen MR) is 119 cm³/mol. The summed E-state index contributed by atoms with van der Waals surface area (Å²) in [7, 11) is 1.43. The molecule has 0 aliphatic heterocycles. The molecule has 0 fully saturated rings. The summed E-state index contributed by atoms with van der Waals surface area (Å²) in [5.74, 6) is 0.00233. The van der Waals surface area contributed by atoms with Gasteiger partial charge in [0.2, 0.25) is 5.91 Å². The van der Waals surface area contributed by atoms with Crippen LogP contribution < -0.4 is 10.1 Å². The van der Waals surface area contributed by atoms with Crippen LogP contribution in [-0.2, 0) is 4.79 Å². The summed E-state index contributed by atoms with van der Waals surface area (Å²) in [5.41, 5.74) is 2.85. The zero-order valence-corrected chi connectivity index (χ0v) is 17.8. The van der Waals surface area contributed by atoms with Gasteiger partial charge in [-0.05, 0) is 37.6 Å². The van der Waals surface area contributed by atoms with Crippen molar-refractivity contribution in [1.29, 1.82) is 0 Å². The minimum absolute atomic E-state index is 0.137. The van der Waals surface area contributed by atoms with E-state index in [2.05, 4.69) is 15.5 Å². The smallest absolute Gasteiger partial charge is 0.271 e. The van der Waals surface area contributed by atoms with Crippen molar-refractivity contribution in [1.82, 2.24) is 14.6 Å². The van der Waals surface area contributed by atoms with Crippen LogP contribution in [0.5, 0.6) is 5.75 Å². The molecule has 0 bridgehead atoms. The van der Waals surface area contributed by atoms with E-state index in [0.717, 1.165) is 16.5 Å². The van der Waals surface area contributed by atoms with Crippen LogP contribution in [0.25, 0.3) is 16.6 Å². The lowest BCUT2D eigenvalue weighted by atomic mass is 10.1. The maximum absolute atomic E-state index is 12.8. The average Bonchev–Trinajstić information content (AvgIpc) is 3.16. The third-order valence-corrected chi connectivity index (χ3v) is 5.92. The largest absolute Gasteiger partial charge is 0.495 e. The molecule has 0 saturated carbocycles. The Bertz CT molecular complexity index is 1320. The van der Waals surface area contributed by atoms with Gasteiger partial charge in [0.15, 0.2) is 10.8 Å². The third kappa shape index (κ3) is 3.89. The number of pyridine rings is 1. The van der Waals surface area contributed by atoms with Crippen LogP contribution in [0, 0.1) is 17.0 Å². The molecule has 0 spiro atoms. The number of methoxy groups -OCH3 is 1. The Morgan fingerprint density at radius 3 is 2.74 bits per heavy atom. The number of ether oxygens (including phenoxy) is 1. The van der Waals surface area contributed by atoms with Crippen molar-refractivity contribution in [2.24, 2.45) is 0 Å². The lowest BCUT2D eigenvalue weighted by Gasteiger charge is -2.14. The van der Waals surface area contributed by atoms with Crippen molar-refractivity contribution in [3.8, 4) is 5.75 Å². The van der Waals surface area contributed by atoms with Crippen LogP contribution in [0.4, 0.5) is 11.4 Å². The summed E-state index contributed by atoms with van der Waals surface area (Å²) in [6.07, 6.45) is 0. The number of hydrogen-bond donors (Lipinski definition) is 1. The SMILES string of the molecule is COc1ccc([N+](=O)[O-])cc1NC(=O)C(C)Sc1nnc2cc(C)c3ccccc3n12. The van der Waals surface area contributed by atoms with E-state index in [0.29, 0.717) is 16.6 Å². The Labute approximate surface area is 181 Å². The third-order valence-electron chi connectivity index (χ3n) is 4.88. The second kappa shape index (κ2) is 8.23. The Balaban J connectivity index is 1.62. The monoisotopic (exact) mass is 437 g/mol. The molecule has 0 radical (unpaired) electrons. The van der Waals surface area contributed by atoms with Crippen molar-refractivity contribution < 1.29 is 14.5 Å². The fraction of sp³-hybridized carbons (Fsp3) is 0.190. The highest BCUT2D eigenvalue weighted by atomic mass is 32.2. The van der Waals surface area contributed by atoms with Gasteiger partial charge in [0.1, 0.15) is 5.75 Å². The highest BCUT2D eigenvalue weighted by Gasteiger charge is 2.21. The lowest BCUT2D eigenvalue weighted by Crippen LogP contribution is -2.23. The highest BCUT2D eigenvalue weighted by molar-refractivity contribution is 8.00. The molecule has 158 valence electrons. The maximum Gasteiger partial charge on any atom is 0.271 e. The van der Waals surface area contributed by atoms with Gasteiger partial charge in [-0.25, -0.2) is 0 Å². The second-order valence-electron chi connectivity index (χ2n) is 6.91. The standard InChI is InChI=1S/C21H19N5O4S/c1-12-10-19-23-24-21(25(19)17-7-5-4-6-15(12)17)31-13(2)20(27)22-16-11-14(26(28)29)8-9-18(16)30-3/h4-11,13H,1-3H3,(H,22,27). The lowest BCUT2D eigenvalue weighted by molar-refractivity contribution is -0.384. The molecule has 0 aliphatic carbocycles. The number of para-hydroxylation sites is 1. The molecule has 1 amide bonds. The van der Waals surface area contributed by atoms with Crippen molar-refractivity contribution in [3.05, 3.63) is 64.2 Å². The minimum Gasteiger partial charge on any atom is -0.495 e. The van der Waals surface area contributed by atoms with Crippen molar-refractivity contribution in [2.75, 3.05) is 12.4 Å². The van der Waals surface area contributed by atoms with E-state index in [4.69, 9.17) is 4.74 Å². The molecule has 1 unspecified atom stereocenters. The number of fused-ring (bicyclic) bond motifs is 3. The topological polar surface area (TPSA) is 112 Å². The molecular formula is C21H19N5O4S. The molecule has 2 aromatic heterocycles. The molecule has 1 atom stereocenters. The Kier molecular flexibility index (Phi) is 5.47. The summed E-state index contributed by atoms with van der Waals surface area (Å²) >= 11 is 1.25. The first-order valence-corrected chi connectivity index (χ1v) is 10.3. The number of non-ortho nitro benzene ring substituents is 1. The molecule has 0 aliphatic rings. The van der Waals surface area contributed by atoms with E-state index >= 15 is 0 Å². The number of benzene rings is 2. The molecule has 0 saturated heterocycles. The summed E-state index contributed by atoms with van der Waals surface area (Å²) in [4.78, 5) is 23.4. The molecule has 4 rings (SSSR count). The van der Waals surface area contributed by atoms with Gasteiger partial charge in [0.05, 0.1) is 28.5 Å². The van der Waals surface area contributed by atoms with Gasteiger partial charge < -0.3 is 10.1 Å². The van der Waals surface area contributed by atoms with Crippen LogP contribution in [0.3, 0.4) is 0 Å². The summed E-state index contributed by atoms with van der Waals surface area (Å²) < 4.78 is 7.13. The zero-order chi connectivity index (χ0) is 22.1. The van der Waals surface area contributed by atoms with E-state index in [1.165, 1.54) is 37.1 Å². The molecule has 2 aromatic carbocycles. The van der Waals surface area contributed by atoms with E-state index < -0.39 is 10.2 Å². The first kappa shape index (κ1) is 20.6. The fourth-order valence-corrected chi connectivity index (χ4v) is 4.17. The van der Waals surface area contributed by atoms with Crippen LogP contribution in [0.15, 0.2) is 53.7 Å². The van der Waals surface area contributed by atoms with Crippen LogP contribution >= 0.6 is 11.8 Å². The van der Waals surface area contributed by atoms with Crippen molar-refractivity contribution in [2.45, 2.75) is 24.3 Å². The number of anilines is 1. The number of nitrogens with one attached hydrogen (secondary N) is 1. The summed E-state index contributed by atoms with van der Waals surface area (Å²) in [6, 6.07) is 13.9. The number of rotatable bonds is 6. The van der Waals surface area contributed by atoms with Gasteiger partial charge in [-0.3, -0.25) is 19.3 Å². The number of thioether (sulfide) groups is 1. The first-order valence-electron chi connectivity index (χ1n) is 9.42. The number of nitro benzene ring substituents is 1. The first-order chi connectivity index (χ1) is 14.9. The Morgan fingerprint density at radius 2 is 2.00 bits per heavy atom. The number of carbonyl (C=O) groups is 1. The summed E-state index contributed by atoms with van der Waals surface area (Å²) in [6.45, 7) is 3.76. The molecule has 9 nitrogen and oxygen atoms in total. The molecule has 4 aromatic rings. The molecule has 31 heavy (non-hydrogen) atoms. The van der Waals surface area contributed by atoms with Gasteiger partial charge in [0.25, 0.3) is 5.69 Å². The Hall–Kier alpha value is -3.66. The molecule has 2 heterocycles. The molecular weight excluding hydrogens is 418 g/mol. The van der Waals surface area contributed by atoms with E-state index in [-0.39, 0.29) is 17.3 Å². The van der Waals surface area contributed by atoms with Gasteiger partial charge >= 0.3 is 0 Å². The van der Waals surface area contributed by atoms with Crippen molar-refractivity contribution >= 4 is 45.6 Å². The predicted octanol–water partition coefficient (Wildman–Crippen LogP) is 4.23. The van der Waals surface area contributed by atoms with E-state index in [1.807, 2.05) is 41.7 Å². The van der Waals surface area contributed by atoms with Crippen LogP contribution in [0.1, 0.15) is 12.5 Å². The Morgan fingerprint density at radius 1 is 1.23 bits per heavy atom. The fourth-order valence-electron chi connectivity index (χ4n) is 3.30.